The van der Waals surface area contributed by atoms with Crippen LogP contribution in [0.3, 0.4) is 0 Å². The van der Waals surface area contributed by atoms with Crippen molar-refractivity contribution >= 4 is 21.3 Å². The minimum atomic E-state index is -3.57. The van der Waals surface area contributed by atoms with Crippen LogP contribution in [0.2, 0.25) is 0 Å². The highest BCUT2D eigenvalue weighted by Gasteiger charge is 2.35. The summed E-state index contributed by atoms with van der Waals surface area (Å²) in [5, 5.41) is 0. The number of hydrogen-bond donors (Lipinski definition) is 0. The normalized spacial score (nSPS) is 16.4. The first-order valence-electron chi connectivity index (χ1n) is 7.46. The van der Waals surface area contributed by atoms with Crippen molar-refractivity contribution < 1.29 is 22.3 Å². The molecule has 1 aliphatic rings. The number of benzene rings is 2. The molecule has 0 fully saturated rings. The third-order valence-electron chi connectivity index (χ3n) is 4.05. The van der Waals surface area contributed by atoms with Gasteiger partial charge in [0, 0.05) is 29.4 Å². The van der Waals surface area contributed by atoms with E-state index in [0.29, 0.717) is 17.7 Å². The zero-order valence-electron chi connectivity index (χ0n) is 13.5. The van der Waals surface area contributed by atoms with Gasteiger partial charge in [-0.25, -0.2) is 17.7 Å². The summed E-state index contributed by atoms with van der Waals surface area (Å²) in [4.78, 5) is 15.6. The predicted octanol–water partition coefficient (Wildman–Crippen LogP) is 3.95. The van der Waals surface area contributed by atoms with Crippen molar-refractivity contribution in [2.24, 2.45) is 5.92 Å². The van der Waals surface area contributed by atoms with Gasteiger partial charge in [0.25, 0.3) is 0 Å². The molecule has 0 amide bonds. The maximum atomic E-state index is 13.6. The van der Waals surface area contributed by atoms with Crippen LogP contribution < -0.4 is 4.74 Å². The molecule has 0 spiro atoms. The predicted molar refractivity (Wildman–Crippen MR) is 89.5 cm³/mol. The average molecular weight is 359 g/mol. The molecule has 7 heteroatoms. The van der Waals surface area contributed by atoms with Crippen molar-refractivity contribution in [1.29, 1.82) is 0 Å². The number of carbonyl (C=O) groups is 1. The van der Waals surface area contributed by atoms with E-state index in [1.807, 2.05) is 0 Å². The van der Waals surface area contributed by atoms with E-state index >= 15 is 0 Å². The van der Waals surface area contributed by atoms with Gasteiger partial charge in [0.15, 0.2) is 21.3 Å². The Morgan fingerprint density at radius 2 is 2.00 bits per heavy atom. The fraction of sp³-hybridized carbons (Fsp3) is 0.222. The van der Waals surface area contributed by atoms with Gasteiger partial charge in [-0.05, 0) is 30.7 Å². The van der Waals surface area contributed by atoms with E-state index in [1.165, 1.54) is 18.2 Å². The number of Topliss-reactive ketones (excluding diaryl/α,β-unsaturated/α-hetero) is 1. The molecular formula is C18H14FNO4S. The Bertz CT molecular complexity index is 1040. The highest BCUT2D eigenvalue weighted by molar-refractivity contribution is 7.90. The van der Waals surface area contributed by atoms with Crippen molar-refractivity contribution in [3.63, 3.8) is 0 Å². The second-order valence-electron chi connectivity index (χ2n) is 6.02. The number of nitrogens with zero attached hydrogens (tertiary/aromatic N) is 1. The van der Waals surface area contributed by atoms with E-state index in [4.69, 9.17) is 11.3 Å². The van der Waals surface area contributed by atoms with Crippen molar-refractivity contribution in [3.8, 4) is 11.5 Å². The van der Waals surface area contributed by atoms with Gasteiger partial charge >= 0.3 is 0 Å². The van der Waals surface area contributed by atoms with Crippen LogP contribution in [0.25, 0.3) is 4.85 Å². The van der Waals surface area contributed by atoms with Crippen LogP contribution in [-0.4, -0.2) is 20.5 Å². The first-order valence-corrected chi connectivity index (χ1v) is 9.36. The second kappa shape index (κ2) is 5.97. The van der Waals surface area contributed by atoms with Crippen LogP contribution >= 0.6 is 0 Å². The number of rotatable bonds is 3. The highest BCUT2D eigenvalue weighted by atomic mass is 32.2. The highest BCUT2D eigenvalue weighted by Crippen LogP contribution is 2.40. The molecular weight excluding hydrogens is 345 g/mol. The van der Waals surface area contributed by atoms with E-state index in [-0.39, 0.29) is 33.6 Å². The van der Waals surface area contributed by atoms with Crippen molar-refractivity contribution in [1.82, 2.24) is 0 Å². The first kappa shape index (κ1) is 17.1. The summed E-state index contributed by atoms with van der Waals surface area (Å²) in [5.41, 5.74) is 0.729. The van der Waals surface area contributed by atoms with Gasteiger partial charge < -0.3 is 4.74 Å². The Labute approximate surface area is 144 Å². The van der Waals surface area contributed by atoms with E-state index in [9.17, 15) is 17.6 Å². The van der Waals surface area contributed by atoms with Gasteiger partial charge in [-0.3, -0.25) is 4.79 Å². The standard InChI is InChI=1S/C18H14FNO4S/c1-10-6-14-15(24-13-8-11(19)7-12(9-13)20-2)4-5-16(25(3,22)23)17(14)18(10)21/h4-5,7-10H,6H2,1,3H3. The molecule has 1 aliphatic carbocycles. The number of halogens is 1. The number of ketones is 1. The number of ether oxygens (including phenoxy) is 1. The van der Waals surface area contributed by atoms with Crippen LogP contribution in [0.4, 0.5) is 10.1 Å². The molecule has 0 heterocycles. The Hall–Kier alpha value is -2.72. The van der Waals surface area contributed by atoms with E-state index in [1.54, 1.807) is 6.92 Å². The van der Waals surface area contributed by atoms with Gasteiger partial charge in [-0.1, -0.05) is 6.92 Å². The van der Waals surface area contributed by atoms with E-state index in [0.717, 1.165) is 18.4 Å². The lowest BCUT2D eigenvalue weighted by atomic mass is 10.1. The molecule has 25 heavy (non-hydrogen) atoms. The minimum absolute atomic E-state index is 0.0229. The molecule has 2 aromatic rings. The van der Waals surface area contributed by atoms with Crippen molar-refractivity contribution in [2.45, 2.75) is 18.2 Å². The molecule has 0 bridgehead atoms. The average Bonchev–Trinajstić information content (AvgIpc) is 2.82. The summed E-state index contributed by atoms with van der Waals surface area (Å²) >= 11 is 0. The summed E-state index contributed by atoms with van der Waals surface area (Å²) in [5.74, 6) is -0.806. The fourth-order valence-electron chi connectivity index (χ4n) is 2.93. The van der Waals surface area contributed by atoms with Gasteiger partial charge in [0.1, 0.15) is 17.3 Å². The zero-order chi connectivity index (χ0) is 18.4. The molecule has 0 saturated heterocycles. The molecule has 0 radical (unpaired) electrons. The van der Waals surface area contributed by atoms with Crippen LogP contribution in [0.15, 0.2) is 35.2 Å². The molecule has 2 aromatic carbocycles. The largest absolute Gasteiger partial charge is 0.458 e. The molecule has 0 aromatic heterocycles. The molecule has 1 unspecified atom stereocenters. The quantitative estimate of drug-likeness (QED) is 0.779. The van der Waals surface area contributed by atoms with Crippen LogP contribution in [0.5, 0.6) is 11.5 Å². The summed E-state index contributed by atoms with van der Waals surface area (Å²) in [6.07, 6.45) is 1.39. The van der Waals surface area contributed by atoms with Gasteiger partial charge in [-0.2, -0.15) is 0 Å². The van der Waals surface area contributed by atoms with Gasteiger partial charge in [0.2, 0.25) is 0 Å². The summed E-state index contributed by atoms with van der Waals surface area (Å²) in [6, 6.07) is 6.39. The molecule has 0 N–H and O–H groups in total. The topological polar surface area (TPSA) is 64.8 Å². The van der Waals surface area contributed by atoms with Crippen LogP contribution in [-0.2, 0) is 16.3 Å². The maximum Gasteiger partial charge on any atom is 0.193 e. The molecule has 0 saturated carbocycles. The Kier molecular flexibility index (Phi) is 4.09. The summed E-state index contributed by atoms with van der Waals surface area (Å²) < 4.78 is 43.2. The molecule has 0 aliphatic heterocycles. The number of fused-ring (bicyclic) bond motifs is 1. The van der Waals surface area contributed by atoms with Crippen LogP contribution in [0.1, 0.15) is 22.8 Å². The lowest BCUT2D eigenvalue weighted by Crippen LogP contribution is -2.09. The third kappa shape index (κ3) is 3.13. The third-order valence-corrected chi connectivity index (χ3v) is 5.19. The smallest absolute Gasteiger partial charge is 0.193 e. The van der Waals surface area contributed by atoms with Crippen molar-refractivity contribution in [2.75, 3.05) is 6.26 Å². The zero-order valence-corrected chi connectivity index (χ0v) is 14.4. The van der Waals surface area contributed by atoms with E-state index in [2.05, 4.69) is 4.85 Å². The monoisotopic (exact) mass is 359 g/mol. The lowest BCUT2D eigenvalue weighted by molar-refractivity contribution is 0.0943. The number of carbonyl (C=O) groups excluding carboxylic acids is 1. The second-order valence-corrected chi connectivity index (χ2v) is 8.00. The van der Waals surface area contributed by atoms with Gasteiger partial charge in [0.05, 0.1) is 11.5 Å². The summed E-state index contributed by atoms with van der Waals surface area (Å²) in [7, 11) is -3.57. The summed E-state index contributed by atoms with van der Waals surface area (Å²) in [6.45, 7) is 8.70. The molecule has 1 atom stereocenters. The molecule has 5 nitrogen and oxygen atoms in total. The van der Waals surface area contributed by atoms with Gasteiger partial charge in [-0.15, -0.1) is 0 Å². The number of sulfone groups is 1. The molecule has 3 rings (SSSR count). The molecule has 128 valence electrons. The number of hydrogen-bond acceptors (Lipinski definition) is 4. The first-order chi connectivity index (χ1) is 11.7. The maximum absolute atomic E-state index is 13.6. The lowest BCUT2D eigenvalue weighted by Gasteiger charge is -2.13. The Balaban J connectivity index is 2.13. The minimum Gasteiger partial charge on any atom is -0.458 e. The van der Waals surface area contributed by atoms with Crippen molar-refractivity contribution in [3.05, 3.63) is 58.7 Å². The van der Waals surface area contributed by atoms with Crippen LogP contribution in [0, 0.1) is 18.3 Å². The SMILES string of the molecule is [C-]#[N+]c1cc(F)cc(Oc2ccc(S(C)(=O)=O)c3c2CC(C)C3=O)c1. The Morgan fingerprint density at radius 3 is 2.64 bits per heavy atom. The fourth-order valence-corrected chi connectivity index (χ4v) is 3.84. The van der Waals surface area contributed by atoms with E-state index < -0.39 is 15.7 Å². The Morgan fingerprint density at radius 1 is 1.28 bits per heavy atom.